The molecule has 0 aliphatic carbocycles. The van der Waals surface area contributed by atoms with Crippen molar-refractivity contribution in [3.8, 4) is 11.5 Å². The molecule has 7 heteroatoms. The number of hydrogen-bond donors (Lipinski definition) is 0. The van der Waals surface area contributed by atoms with Gasteiger partial charge < -0.3 is 19.3 Å². The molecule has 0 N–H and O–H groups in total. The van der Waals surface area contributed by atoms with Crippen LogP contribution < -0.4 is 14.4 Å². The van der Waals surface area contributed by atoms with Gasteiger partial charge in [-0.25, -0.2) is 0 Å². The number of aryl methyl sites for hydroxylation is 1. The number of thioether (sulfide) groups is 2. The number of fused-ring (bicyclic) bond motifs is 1. The van der Waals surface area contributed by atoms with E-state index in [0.717, 1.165) is 45.5 Å². The van der Waals surface area contributed by atoms with Crippen LogP contribution in [0.5, 0.6) is 11.5 Å². The van der Waals surface area contributed by atoms with Crippen LogP contribution in [0.25, 0.3) is 5.57 Å². The predicted molar refractivity (Wildman–Crippen MR) is 167 cm³/mol. The molecule has 0 bridgehead atoms. The number of likely N-dealkylation sites (N-methyl/N-ethyl adjacent to an activating group) is 1. The van der Waals surface area contributed by atoms with Gasteiger partial charge in [0.1, 0.15) is 11.5 Å². The lowest BCUT2D eigenvalue weighted by atomic mass is 10.1. The predicted octanol–water partition coefficient (Wildman–Crippen LogP) is 7.67. The highest BCUT2D eigenvalue weighted by Crippen LogP contribution is 2.47. The van der Waals surface area contributed by atoms with Gasteiger partial charge in [0.15, 0.2) is 0 Å². The number of benzene rings is 2. The van der Waals surface area contributed by atoms with Crippen LogP contribution in [-0.4, -0.2) is 51.3 Å². The highest BCUT2D eigenvalue weighted by Gasteiger charge is 2.25. The van der Waals surface area contributed by atoms with Gasteiger partial charge in [-0.05, 0) is 92.3 Å². The van der Waals surface area contributed by atoms with Crippen LogP contribution in [0.4, 0.5) is 5.69 Å². The molecule has 0 unspecified atom stereocenters. The number of aromatic nitrogens is 1. The molecular formula is C32H35N3O2S2. The average molecular weight is 558 g/mol. The molecule has 0 spiro atoms. The molecule has 2 heterocycles. The molecular weight excluding hydrogens is 523 g/mol. The molecule has 0 radical (unpaired) electrons. The summed E-state index contributed by atoms with van der Waals surface area (Å²) in [6.07, 6.45) is 12.2. The van der Waals surface area contributed by atoms with E-state index in [4.69, 9.17) is 9.47 Å². The van der Waals surface area contributed by atoms with E-state index in [0.29, 0.717) is 0 Å². The Kier molecular flexibility index (Phi) is 9.98. The maximum absolute atomic E-state index is 5.48. The number of anilines is 1. The minimum atomic E-state index is 0.843. The normalized spacial score (nSPS) is 14.4. The second kappa shape index (κ2) is 13.6. The summed E-state index contributed by atoms with van der Waals surface area (Å²) >= 11 is 3.41. The summed E-state index contributed by atoms with van der Waals surface area (Å²) in [7, 11) is 7.60. The fourth-order valence-corrected chi connectivity index (χ4v) is 5.94. The Hall–Kier alpha value is -3.39. The zero-order chi connectivity index (χ0) is 27.8. The van der Waals surface area contributed by atoms with Crippen molar-refractivity contribution in [3.63, 3.8) is 0 Å². The SMILES string of the molecule is C=C(/C=C/C(=C/C=C1\Sc2cc(OC)ccc2N1CCN(C)C)c1ccncc1)Sc1cc(OC)ccc1C. The Balaban J connectivity index is 1.62. The van der Waals surface area contributed by atoms with Crippen LogP contribution in [-0.2, 0) is 0 Å². The summed E-state index contributed by atoms with van der Waals surface area (Å²) in [6, 6.07) is 16.4. The Morgan fingerprint density at radius 1 is 1.03 bits per heavy atom. The lowest BCUT2D eigenvalue weighted by Crippen LogP contribution is -2.28. The number of allylic oxidation sites excluding steroid dienone is 5. The summed E-state index contributed by atoms with van der Waals surface area (Å²) in [6.45, 7) is 8.24. The summed E-state index contributed by atoms with van der Waals surface area (Å²) in [5.41, 5.74) is 4.57. The van der Waals surface area contributed by atoms with Crippen molar-refractivity contribution < 1.29 is 9.47 Å². The molecule has 39 heavy (non-hydrogen) atoms. The van der Waals surface area contributed by atoms with Gasteiger partial charge in [0, 0.05) is 40.2 Å². The summed E-state index contributed by atoms with van der Waals surface area (Å²) in [4.78, 5) is 12.1. The van der Waals surface area contributed by atoms with Gasteiger partial charge in [0.05, 0.1) is 24.9 Å². The molecule has 0 amide bonds. The minimum absolute atomic E-state index is 0.843. The van der Waals surface area contributed by atoms with Crippen molar-refractivity contribution >= 4 is 34.8 Å². The Bertz CT molecular complexity index is 1400. The van der Waals surface area contributed by atoms with E-state index in [9.17, 15) is 0 Å². The van der Waals surface area contributed by atoms with Crippen LogP contribution >= 0.6 is 23.5 Å². The molecule has 0 saturated carbocycles. The fourth-order valence-electron chi connectivity index (χ4n) is 4.00. The molecule has 3 aromatic rings. The fraction of sp³-hybridized carbons (Fsp3) is 0.219. The second-order valence-electron chi connectivity index (χ2n) is 9.29. The molecule has 2 aromatic carbocycles. The second-order valence-corrected chi connectivity index (χ2v) is 11.5. The van der Waals surface area contributed by atoms with Crippen molar-refractivity contribution in [2.24, 2.45) is 0 Å². The average Bonchev–Trinajstić information content (AvgIpc) is 3.29. The highest BCUT2D eigenvalue weighted by atomic mass is 32.2. The van der Waals surface area contributed by atoms with Crippen LogP contribution in [0, 0.1) is 6.92 Å². The van der Waals surface area contributed by atoms with Crippen LogP contribution in [0.15, 0.2) is 112 Å². The highest BCUT2D eigenvalue weighted by molar-refractivity contribution is 8.03. The first-order chi connectivity index (χ1) is 18.9. The van der Waals surface area contributed by atoms with Gasteiger partial charge >= 0.3 is 0 Å². The van der Waals surface area contributed by atoms with Crippen molar-refractivity contribution in [3.05, 3.63) is 113 Å². The first-order valence-electron chi connectivity index (χ1n) is 12.7. The number of pyridine rings is 1. The Morgan fingerprint density at radius 3 is 2.46 bits per heavy atom. The molecule has 5 nitrogen and oxygen atoms in total. The minimum Gasteiger partial charge on any atom is -0.497 e. The van der Waals surface area contributed by atoms with E-state index >= 15 is 0 Å². The van der Waals surface area contributed by atoms with Gasteiger partial charge in [0.2, 0.25) is 0 Å². The van der Waals surface area contributed by atoms with Crippen molar-refractivity contribution in [2.45, 2.75) is 16.7 Å². The maximum atomic E-state index is 5.48. The number of hydrogen-bond acceptors (Lipinski definition) is 7. The van der Waals surface area contributed by atoms with Gasteiger partial charge in [-0.3, -0.25) is 4.98 Å². The topological polar surface area (TPSA) is 37.8 Å². The number of ether oxygens (including phenoxy) is 2. The molecule has 1 aliphatic rings. The van der Waals surface area contributed by atoms with Crippen LogP contribution in [0.1, 0.15) is 11.1 Å². The quantitative estimate of drug-likeness (QED) is 0.177. The maximum Gasteiger partial charge on any atom is 0.120 e. The van der Waals surface area contributed by atoms with Gasteiger partial charge in [-0.15, -0.1) is 0 Å². The summed E-state index contributed by atoms with van der Waals surface area (Å²) in [5.74, 6) is 1.71. The van der Waals surface area contributed by atoms with E-state index in [1.807, 2.05) is 36.7 Å². The summed E-state index contributed by atoms with van der Waals surface area (Å²) < 4.78 is 10.9. The zero-order valence-electron chi connectivity index (χ0n) is 23.2. The van der Waals surface area contributed by atoms with Crippen LogP contribution in [0.2, 0.25) is 0 Å². The van der Waals surface area contributed by atoms with Crippen molar-refractivity contribution in [2.75, 3.05) is 46.3 Å². The number of nitrogens with zero attached hydrogens (tertiary/aromatic N) is 3. The van der Waals surface area contributed by atoms with Crippen LogP contribution in [0.3, 0.4) is 0 Å². The van der Waals surface area contributed by atoms with E-state index in [-0.39, 0.29) is 0 Å². The lowest BCUT2D eigenvalue weighted by Gasteiger charge is -2.22. The third-order valence-corrected chi connectivity index (χ3v) is 8.38. The van der Waals surface area contributed by atoms with Crippen molar-refractivity contribution in [1.29, 1.82) is 0 Å². The lowest BCUT2D eigenvalue weighted by molar-refractivity contribution is 0.413. The number of methoxy groups -OCH3 is 2. The third kappa shape index (κ3) is 7.60. The molecule has 1 aromatic heterocycles. The summed E-state index contributed by atoms with van der Waals surface area (Å²) in [5, 5.41) is 1.18. The van der Waals surface area contributed by atoms with E-state index in [2.05, 4.69) is 91.0 Å². The molecule has 202 valence electrons. The molecule has 0 fully saturated rings. The smallest absolute Gasteiger partial charge is 0.120 e. The van der Waals surface area contributed by atoms with E-state index < -0.39 is 0 Å². The first kappa shape index (κ1) is 28.6. The Labute approximate surface area is 240 Å². The van der Waals surface area contributed by atoms with E-state index in [1.54, 1.807) is 37.7 Å². The van der Waals surface area contributed by atoms with Crippen molar-refractivity contribution in [1.82, 2.24) is 9.88 Å². The van der Waals surface area contributed by atoms with Gasteiger partial charge in [-0.1, -0.05) is 48.3 Å². The number of rotatable bonds is 11. The standard InChI is InChI=1S/C32H35N3O2S2/c1-23-7-11-27(36-5)21-30(23)38-24(2)8-9-25(26-15-17-33-18-16-26)10-14-32-35(20-19-34(3)4)29-13-12-28(37-6)22-31(29)39-32/h7-18,21-22H,2,19-20H2,1,3-6H3/b9-8+,25-10-,32-14-. The monoisotopic (exact) mass is 557 g/mol. The molecule has 0 atom stereocenters. The largest absolute Gasteiger partial charge is 0.497 e. The zero-order valence-corrected chi connectivity index (χ0v) is 24.8. The Morgan fingerprint density at radius 2 is 1.74 bits per heavy atom. The van der Waals surface area contributed by atoms with E-state index in [1.165, 1.54) is 21.2 Å². The molecule has 1 aliphatic heterocycles. The first-order valence-corrected chi connectivity index (χ1v) is 14.3. The van der Waals surface area contributed by atoms with Gasteiger partial charge in [0.25, 0.3) is 0 Å². The molecule has 4 rings (SSSR count). The third-order valence-electron chi connectivity index (χ3n) is 6.21. The van der Waals surface area contributed by atoms with Gasteiger partial charge in [-0.2, -0.15) is 0 Å². The molecule has 0 saturated heterocycles.